The second-order valence-corrected chi connectivity index (χ2v) is 7.57. The monoisotopic (exact) mass is 352 g/mol. The van der Waals surface area contributed by atoms with Crippen molar-refractivity contribution < 1.29 is 13.2 Å². The SMILES string of the molecule is CCC1CN(S(=O)(=O)c2cc(Cl)cc(CN)c2Cl)CCO1. The normalized spacial score (nSPS) is 20.7. The average molecular weight is 353 g/mol. The van der Waals surface area contributed by atoms with Crippen molar-refractivity contribution >= 4 is 33.2 Å². The summed E-state index contributed by atoms with van der Waals surface area (Å²) in [4.78, 5) is 0.00821. The van der Waals surface area contributed by atoms with Crippen LogP contribution in [0.3, 0.4) is 0 Å². The van der Waals surface area contributed by atoms with Crippen LogP contribution in [0.1, 0.15) is 18.9 Å². The molecular weight excluding hydrogens is 335 g/mol. The third kappa shape index (κ3) is 3.52. The fourth-order valence-electron chi connectivity index (χ4n) is 2.25. The molecule has 1 aromatic rings. The third-order valence-electron chi connectivity index (χ3n) is 3.47. The number of hydrogen-bond acceptors (Lipinski definition) is 4. The minimum Gasteiger partial charge on any atom is -0.375 e. The van der Waals surface area contributed by atoms with Crippen LogP contribution >= 0.6 is 23.2 Å². The number of sulfonamides is 1. The smallest absolute Gasteiger partial charge is 0.244 e. The molecule has 0 saturated carbocycles. The number of ether oxygens (including phenoxy) is 1. The number of benzene rings is 1. The van der Waals surface area contributed by atoms with Gasteiger partial charge in [-0.25, -0.2) is 8.42 Å². The van der Waals surface area contributed by atoms with E-state index in [4.69, 9.17) is 33.7 Å². The Labute approximate surface area is 135 Å². The fraction of sp³-hybridized carbons (Fsp3) is 0.538. The number of rotatable bonds is 4. The zero-order valence-electron chi connectivity index (χ0n) is 11.7. The molecule has 1 heterocycles. The van der Waals surface area contributed by atoms with Crippen molar-refractivity contribution in [2.45, 2.75) is 30.9 Å². The second kappa shape index (κ2) is 6.81. The van der Waals surface area contributed by atoms with Crippen LogP contribution in [-0.2, 0) is 21.3 Å². The summed E-state index contributed by atoms with van der Waals surface area (Å²) >= 11 is 12.2. The Morgan fingerprint density at radius 1 is 1.43 bits per heavy atom. The summed E-state index contributed by atoms with van der Waals surface area (Å²) in [7, 11) is -3.71. The topological polar surface area (TPSA) is 72.6 Å². The van der Waals surface area contributed by atoms with Gasteiger partial charge < -0.3 is 10.5 Å². The Bertz CT molecular complexity index is 622. The minimum atomic E-state index is -3.71. The van der Waals surface area contributed by atoms with Crippen molar-refractivity contribution in [2.24, 2.45) is 5.73 Å². The molecule has 0 aromatic heterocycles. The van der Waals surface area contributed by atoms with Crippen molar-refractivity contribution in [1.82, 2.24) is 4.31 Å². The summed E-state index contributed by atoms with van der Waals surface area (Å²) in [6.45, 7) is 3.08. The molecule has 1 aliphatic heterocycles. The van der Waals surface area contributed by atoms with E-state index in [0.29, 0.717) is 30.3 Å². The molecule has 0 spiro atoms. The van der Waals surface area contributed by atoms with Crippen LogP contribution in [0.2, 0.25) is 10.0 Å². The number of halogens is 2. The van der Waals surface area contributed by atoms with Gasteiger partial charge in [-0.05, 0) is 24.1 Å². The first-order valence-electron chi connectivity index (χ1n) is 6.69. The van der Waals surface area contributed by atoms with Gasteiger partial charge in [-0.15, -0.1) is 0 Å². The lowest BCUT2D eigenvalue weighted by Gasteiger charge is -2.32. The van der Waals surface area contributed by atoms with E-state index in [2.05, 4.69) is 0 Å². The van der Waals surface area contributed by atoms with Gasteiger partial charge in [0.2, 0.25) is 10.0 Å². The van der Waals surface area contributed by atoms with E-state index in [1.807, 2.05) is 6.92 Å². The van der Waals surface area contributed by atoms with Gasteiger partial charge in [0.05, 0.1) is 17.7 Å². The predicted octanol–water partition coefficient (Wildman–Crippen LogP) is 2.25. The Kier molecular flexibility index (Phi) is 5.51. The third-order valence-corrected chi connectivity index (χ3v) is 6.14. The van der Waals surface area contributed by atoms with Gasteiger partial charge in [-0.1, -0.05) is 30.1 Å². The highest BCUT2D eigenvalue weighted by Gasteiger charge is 2.32. The van der Waals surface area contributed by atoms with E-state index in [1.165, 1.54) is 10.4 Å². The predicted molar refractivity (Wildman–Crippen MR) is 83.1 cm³/mol. The van der Waals surface area contributed by atoms with Gasteiger partial charge in [0, 0.05) is 24.7 Å². The molecule has 8 heteroatoms. The van der Waals surface area contributed by atoms with E-state index in [9.17, 15) is 8.42 Å². The number of nitrogens with two attached hydrogens (primary N) is 1. The first-order valence-corrected chi connectivity index (χ1v) is 8.89. The van der Waals surface area contributed by atoms with Crippen LogP contribution in [0.25, 0.3) is 0 Å². The molecule has 1 unspecified atom stereocenters. The van der Waals surface area contributed by atoms with Gasteiger partial charge in [0.25, 0.3) is 0 Å². The lowest BCUT2D eigenvalue weighted by molar-refractivity contribution is -0.00277. The molecule has 1 saturated heterocycles. The zero-order chi connectivity index (χ0) is 15.6. The molecule has 2 rings (SSSR count). The van der Waals surface area contributed by atoms with Crippen molar-refractivity contribution in [3.8, 4) is 0 Å². The Hall–Kier alpha value is -0.370. The van der Waals surface area contributed by atoms with Crippen molar-refractivity contribution in [3.05, 3.63) is 27.7 Å². The van der Waals surface area contributed by atoms with E-state index >= 15 is 0 Å². The quantitative estimate of drug-likeness (QED) is 0.901. The molecule has 0 amide bonds. The first-order chi connectivity index (χ1) is 9.90. The molecule has 0 bridgehead atoms. The summed E-state index contributed by atoms with van der Waals surface area (Å²) in [5.74, 6) is 0. The molecule has 2 N–H and O–H groups in total. The largest absolute Gasteiger partial charge is 0.375 e. The van der Waals surface area contributed by atoms with E-state index in [0.717, 1.165) is 6.42 Å². The van der Waals surface area contributed by atoms with Crippen LogP contribution in [0.5, 0.6) is 0 Å². The van der Waals surface area contributed by atoms with Crippen molar-refractivity contribution in [3.63, 3.8) is 0 Å². The molecular formula is C13H18Cl2N2O3S. The molecule has 0 aliphatic carbocycles. The summed E-state index contributed by atoms with van der Waals surface area (Å²) in [6, 6.07) is 2.95. The van der Waals surface area contributed by atoms with E-state index < -0.39 is 10.0 Å². The Morgan fingerprint density at radius 3 is 2.76 bits per heavy atom. The molecule has 1 aliphatic rings. The number of nitrogens with zero attached hydrogens (tertiary/aromatic N) is 1. The van der Waals surface area contributed by atoms with Crippen molar-refractivity contribution in [1.29, 1.82) is 0 Å². The summed E-state index contributed by atoms with van der Waals surface area (Å²) < 4.78 is 32.4. The maximum atomic E-state index is 12.8. The lowest BCUT2D eigenvalue weighted by Crippen LogP contribution is -2.45. The van der Waals surface area contributed by atoms with Crippen LogP contribution in [-0.4, -0.2) is 38.5 Å². The Morgan fingerprint density at radius 2 is 2.14 bits per heavy atom. The van der Waals surface area contributed by atoms with Gasteiger partial charge in [0.1, 0.15) is 4.90 Å². The highest BCUT2D eigenvalue weighted by atomic mass is 35.5. The first kappa shape index (κ1) is 17.0. The van der Waals surface area contributed by atoms with Crippen LogP contribution in [0.4, 0.5) is 0 Å². The molecule has 1 aromatic carbocycles. The molecule has 1 fully saturated rings. The standard InChI is InChI=1S/C13H18Cl2N2O3S/c1-2-11-8-17(3-4-20-11)21(18,19)12-6-10(14)5-9(7-16)13(12)15/h5-6,11H,2-4,7-8,16H2,1H3. The van der Waals surface area contributed by atoms with Gasteiger partial charge in [-0.2, -0.15) is 4.31 Å². The maximum absolute atomic E-state index is 12.8. The highest BCUT2D eigenvalue weighted by Crippen LogP contribution is 2.32. The minimum absolute atomic E-state index is 0.00821. The molecule has 0 radical (unpaired) electrons. The highest BCUT2D eigenvalue weighted by molar-refractivity contribution is 7.89. The summed E-state index contributed by atoms with van der Waals surface area (Å²) in [5.41, 5.74) is 6.10. The van der Waals surface area contributed by atoms with Gasteiger partial charge in [0.15, 0.2) is 0 Å². The summed E-state index contributed by atoms with van der Waals surface area (Å²) in [6.07, 6.45) is 0.657. The van der Waals surface area contributed by atoms with Crippen LogP contribution < -0.4 is 5.73 Å². The number of morpholine rings is 1. The van der Waals surface area contributed by atoms with Gasteiger partial charge >= 0.3 is 0 Å². The van der Waals surface area contributed by atoms with Crippen LogP contribution in [0.15, 0.2) is 17.0 Å². The van der Waals surface area contributed by atoms with Crippen molar-refractivity contribution in [2.75, 3.05) is 19.7 Å². The van der Waals surface area contributed by atoms with E-state index in [1.54, 1.807) is 6.07 Å². The molecule has 118 valence electrons. The lowest BCUT2D eigenvalue weighted by atomic mass is 10.2. The second-order valence-electron chi connectivity index (χ2n) is 4.85. The van der Waals surface area contributed by atoms with Crippen LogP contribution in [0, 0.1) is 0 Å². The molecule has 21 heavy (non-hydrogen) atoms. The summed E-state index contributed by atoms with van der Waals surface area (Å²) in [5, 5.41) is 0.445. The Balaban J connectivity index is 2.42. The van der Waals surface area contributed by atoms with Gasteiger partial charge in [-0.3, -0.25) is 0 Å². The molecule has 5 nitrogen and oxygen atoms in total. The number of hydrogen-bond donors (Lipinski definition) is 1. The molecule has 1 atom stereocenters. The van der Waals surface area contributed by atoms with E-state index in [-0.39, 0.29) is 22.6 Å². The fourth-order valence-corrected chi connectivity index (χ4v) is 4.62. The zero-order valence-corrected chi connectivity index (χ0v) is 14.0. The maximum Gasteiger partial charge on any atom is 0.244 e. The average Bonchev–Trinajstić information content (AvgIpc) is 2.49.